The molecule has 0 saturated carbocycles. The molecule has 1 atom stereocenters. The van der Waals surface area contributed by atoms with Gasteiger partial charge >= 0.3 is 0 Å². The summed E-state index contributed by atoms with van der Waals surface area (Å²) in [6.45, 7) is 4.74. The average molecular weight is 347 g/mol. The number of piperidine rings is 1. The molecule has 8 nitrogen and oxygen atoms in total. The van der Waals surface area contributed by atoms with E-state index in [1.165, 1.54) is 0 Å². The van der Waals surface area contributed by atoms with Gasteiger partial charge in [0.2, 0.25) is 17.7 Å². The van der Waals surface area contributed by atoms with E-state index in [0.717, 1.165) is 36.6 Å². The highest BCUT2D eigenvalue weighted by molar-refractivity contribution is 5.83. The van der Waals surface area contributed by atoms with Crippen LogP contribution in [0.1, 0.15) is 49.3 Å². The van der Waals surface area contributed by atoms with Crippen molar-refractivity contribution in [3.05, 3.63) is 23.3 Å². The van der Waals surface area contributed by atoms with Gasteiger partial charge in [-0.2, -0.15) is 0 Å². The largest absolute Gasteiger partial charge is 0.368 e. The van der Waals surface area contributed by atoms with Crippen molar-refractivity contribution in [3.63, 3.8) is 0 Å². The average Bonchev–Trinajstić information content (AvgIpc) is 2.57. The van der Waals surface area contributed by atoms with E-state index in [4.69, 9.17) is 5.73 Å². The molecule has 0 aromatic carbocycles. The minimum atomic E-state index is -0.569. The van der Waals surface area contributed by atoms with Crippen molar-refractivity contribution in [1.82, 2.24) is 20.2 Å². The molecule has 0 aliphatic carbocycles. The van der Waals surface area contributed by atoms with Crippen LogP contribution in [0.2, 0.25) is 0 Å². The molecule has 2 heterocycles. The first-order valence-electron chi connectivity index (χ1n) is 8.50. The predicted molar refractivity (Wildman–Crippen MR) is 91.5 cm³/mol. The van der Waals surface area contributed by atoms with Gasteiger partial charge in [0, 0.05) is 43.7 Å². The van der Waals surface area contributed by atoms with E-state index in [9.17, 15) is 14.4 Å². The van der Waals surface area contributed by atoms with Crippen molar-refractivity contribution in [3.8, 4) is 0 Å². The molecule has 1 aliphatic rings. The van der Waals surface area contributed by atoms with Gasteiger partial charge in [0.15, 0.2) is 0 Å². The van der Waals surface area contributed by atoms with Gasteiger partial charge in [0.25, 0.3) is 0 Å². The Kier molecular flexibility index (Phi) is 6.44. The van der Waals surface area contributed by atoms with Gasteiger partial charge in [-0.3, -0.25) is 14.4 Å². The molecular weight excluding hydrogens is 322 g/mol. The molecule has 3 amide bonds. The number of hydrogen-bond acceptors (Lipinski definition) is 5. The molecule has 0 radical (unpaired) electrons. The number of carbonyl (C=O) groups is 3. The quantitative estimate of drug-likeness (QED) is 0.753. The van der Waals surface area contributed by atoms with Crippen molar-refractivity contribution in [2.24, 2.45) is 5.73 Å². The van der Waals surface area contributed by atoms with E-state index in [1.54, 1.807) is 6.92 Å². The topological polar surface area (TPSA) is 118 Å². The van der Waals surface area contributed by atoms with Crippen molar-refractivity contribution >= 4 is 17.7 Å². The number of nitrogens with one attached hydrogen (secondary N) is 1. The number of aryl methyl sites for hydroxylation is 2. The molecule has 1 unspecified atom stereocenters. The molecule has 1 aromatic rings. The van der Waals surface area contributed by atoms with Crippen LogP contribution in [0.15, 0.2) is 6.07 Å². The monoisotopic (exact) mass is 347 g/mol. The van der Waals surface area contributed by atoms with Crippen molar-refractivity contribution in [1.29, 1.82) is 0 Å². The predicted octanol–water partition coefficient (Wildman–Crippen LogP) is 0.0450. The van der Waals surface area contributed by atoms with Gasteiger partial charge in [0.1, 0.15) is 5.82 Å². The molecule has 1 saturated heterocycles. The number of nitrogens with two attached hydrogens (primary N) is 1. The molecule has 1 fully saturated rings. The second-order valence-electron chi connectivity index (χ2n) is 6.41. The lowest BCUT2D eigenvalue weighted by Crippen LogP contribution is -2.38. The number of primary amides is 1. The number of nitrogens with zero attached hydrogens (tertiary/aromatic N) is 3. The summed E-state index contributed by atoms with van der Waals surface area (Å²) in [5, 5.41) is 2.46. The summed E-state index contributed by atoms with van der Waals surface area (Å²) < 4.78 is 0. The second-order valence-corrected chi connectivity index (χ2v) is 6.41. The van der Waals surface area contributed by atoms with Gasteiger partial charge in [-0.05, 0) is 32.3 Å². The summed E-state index contributed by atoms with van der Waals surface area (Å²) in [5.41, 5.74) is 6.63. The van der Waals surface area contributed by atoms with Gasteiger partial charge < -0.3 is 16.0 Å². The van der Waals surface area contributed by atoms with Gasteiger partial charge in [-0.15, -0.1) is 0 Å². The number of amides is 3. The Morgan fingerprint density at radius 2 is 2.12 bits per heavy atom. The van der Waals surface area contributed by atoms with E-state index in [1.807, 2.05) is 17.9 Å². The van der Waals surface area contributed by atoms with Crippen LogP contribution in [0.5, 0.6) is 0 Å². The number of likely N-dealkylation sites (tertiary alicyclic amines) is 1. The highest BCUT2D eigenvalue weighted by Crippen LogP contribution is 2.25. The van der Waals surface area contributed by atoms with Crippen LogP contribution in [0, 0.1) is 6.92 Å². The summed E-state index contributed by atoms with van der Waals surface area (Å²) in [7, 11) is 0. The van der Waals surface area contributed by atoms with Crippen molar-refractivity contribution in [2.45, 2.75) is 45.4 Å². The molecule has 8 heteroatoms. The Balaban J connectivity index is 2.01. The van der Waals surface area contributed by atoms with Crippen LogP contribution in [0.3, 0.4) is 0 Å². The lowest BCUT2D eigenvalue weighted by atomic mass is 9.96. The fourth-order valence-corrected chi connectivity index (χ4v) is 2.96. The van der Waals surface area contributed by atoms with E-state index in [-0.39, 0.29) is 30.7 Å². The third kappa shape index (κ3) is 5.81. The summed E-state index contributed by atoms with van der Waals surface area (Å²) in [6, 6.07) is 1.86. The molecule has 136 valence electrons. The van der Waals surface area contributed by atoms with Crippen LogP contribution < -0.4 is 11.1 Å². The molecule has 25 heavy (non-hydrogen) atoms. The minimum Gasteiger partial charge on any atom is -0.368 e. The second kappa shape index (κ2) is 8.55. The lowest BCUT2D eigenvalue weighted by Gasteiger charge is -2.31. The zero-order valence-corrected chi connectivity index (χ0v) is 14.7. The summed E-state index contributed by atoms with van der Waals surface area (Å²) >= 11 is 0. The van der Waals surface area contributed by atoms with Crippen LogP contribution in [0.25, 0.3) is 0 Å². The first-order valence-corrected chi connectivity index (χ1v) is 8.50. The van der Waals surface area contributed by atoms with E-state index >= 15 is 0 Å². The van der Waals surface area contributed by atoms with E-state index in [0.29, 0.717) is 13.0 Å². The molecule has 1 aromatic heterocycles. The smallest absolute Gasteiger partial charge is 0.236 e. The molecular formula is C17H25N5O3. The Labute approximate surface area is 147 Å². The third-order valence-corrected chi connectivity index (χ3v) is 4.22. The van der Waals surface area contributed by atoms with Crippen molar-refractivity contribution in [2.75, 3.05) is 19.6 Å². The maximum absolute atomic E-state index is 11.7. The Morgan fingerprint density at radius 1 is 1.36 bits per heavy atom. The third-order valence-electron chi connectivity index (χ3n) is 4.22. The Hall–Kier alpha value is -2.51. The number of rotatable bonds is 6. The van der Waals surface area contributed by atoms with Crippen molar-refractivity contribution < 1.29 is 14.4 Å². The maximum Gasteiger partial charge on any atom is 0.236 e. The van der Waals surface area contributed by atoms with Crippen LogP contribution in [-0.2, 0) is 20.8 Å². The highest BCUT2D eigenvalue weighted by Gasteiger charge is 2.25. The van der Waals surface area contributed by atoms with Gasteiger partial charge in [0.05, 0.1) is 6.54 Å². The SMILES string of the molecule is CC(=O)N1CCCC(c2nc(C)cc(CCC(=O)NCC(N)=O)n2)C1. The van der Waals surface area contributed by atoms with Crippen LogP contribution in [0.4, 0.5) is 0 Å². The zero-order chi connectivity index (χ0) is 18.4. The number of hydrogen-bond donors (Lipinski definition) is 2. The highest BCUT2D eigenvalue weighted by atomic mass is 16.2. The van der Waals surface area contributed by atoms with Crippen LogP contribution >= 0.6 is 0 Å². The maximum atomic E-state index is 11.7. The van der Waals surface area contributed by atoms with E-state index in [2.05, 4.69) is 15.3 Å². The first kappa shape index (κ1) is 18.8. The first-order chi connectivity index (χ1) is 11.8. The molecule has 0 spiro atoms. The molecule has 0 bridgehead atoms. The lowest BCUT2D eigenvalue weighted by molar-refractivity contribution is -0.130. The zero-order valence-electron chi connectivity index (χ0n) is 14.7. The number of aromatic nitrogens is 2. The van der Waals surface area contributed by atoms with E-state index < -0.39 is 5.91 Å². The number of carbonyl (C=O) groups excluding carboxylic acids is 3. The summed E-state index contributed by atoms with van der Waals surface area (Å²) in [6.07, 6.45) is 2.58. The summed E-state index contributed by atoms with van der Waals surface area (Å²) in [5.74, 6) is 0.125. The Bertz CT molecular complexity index is 662. The van der Waals surface area contributed by atoms with Crippen LogP contribution in [-0.4, -0.2) is 52.2 Å². The van der Waals surface area contributed by atoms with Gasteiger partial charge in [-0.1, -0.05) is 0 Å². The molecule has 3 N–H and O–H groups in total. The molecule has 2 rings (SSSR count). The summed E-state index contributed by atoms with van der Waals surface area (Å²) in [4.78, 5) is 44.9. The fourth-order valence-electron chi connectivity index (χ4n) is 2.96. The van der Waals surface area contributed by atoms with Gasteiger partial charge in [-0.25, -0.2) is 9.97 Å². The molecule has 1 aliphatic heterocycles. The normalized spacial score (nSPS) is 17.2. The minimum absolute atomic E-state index is 0.0729. The fraction of sp³-hybridized carbons (Fsp3) is 0.588. The standard InChI is InChI=1S/C17H25N5O3/c1-11-8-14(5-6-16(25)19-9-15(18)24)21-17(20-11)13-4-3-7-22(10-13)12(2)23/h8,13H,3-7,9-10H2,1-2H3,(H2,18,24)(H,19,25). The Morgan fingerprint density at radius 3 is 2.80 bits per heavy atom.